The monoisotopic (exact) mass is 487 g/mol. The summed E-state index contributed by atoms with van der Waals surface area (Å²) in [5.41, 5.74) is 0.873. The number of nitrogens with one attached hydrogen (secondary N) is 1. The first-order valence-electron chi connectivity index (χ1n) is 10.2. The van der Waals surface area contributed by atoms with Crippen molar-refractivity contribution in [2.45, 2.75) is 39.2 Å². The number of amides is 1. The van der Waals surface area contributed by atoms with Gasteiger partial charge >= 0.3 is 0 Å². The lowest BCUT2D eigenvalue weighted by Gasteiger charge is -2.37. The van der Waals surface area contributed by atoms with Crippen molar-refractivity contribution >= 4 is 32.0 Å². The molecule has 2 fully saturated rings. The Morgan fingerprint density at radius 1 is 1.21 bits per heavy atom. The van der Waals surface area contributed by atoms with Crippen LogP contribution in [0.1, 0.15) is 38.2 Å². The van der Waals surface area contributed by atoms with Crippen molar-refractivity contribution in [3.05, 3.63) is 28.2 Å². The van der Waals surface area contributed by atoms with Crippen LogP contribution in [0.3, 0.4) is 0 Å². The topological polar surface area (TPSA) is 79.0 Å². The van der Waals surface area contributed by atoms with E-state index in [0.717, 1.165) is 22.9 Å². The summed E-state index contributed by atoms with van der Waals surface area (Å²) in [4.78, 5) is 12.7. The van der Waals surface area contributed by atoms with Gasteiger partial charge in [-0.3, -0.25) is 4.79 Å². The lowest BCUT2D eigenvalue weighted by atomic mass is 9.98. The van der Waals surface area contributed by atoms with Crippen LogP contribution in [0.5, 0.6) is 5.75 Å². The maximum absolute atomic E-state index is 13.0. The van der Waals surface area contributed by atoms with Gasteiger partial charge in [0.2, 0.25) is 5.91 Å². The zero-order valence-corrected chi connectivity index (χ0v) is 19.5. The second-order valence-electron chi connectivity index (χ2n) is 7.96. The fourth-order valence-corrected chi connectivity index (χ4v) is 6.09. The van der Waals surface area contributed by atoms with E-state index in [1.165, 1.54) is 4.31 Å². The Kier molecular flexibility index (Phi) is 7.58. The van der Waals surface area contributed by atoms with Gasteiger partial charge < -0.3 is 10.1 Å². The Morgan fingerprint density at radius 2 is 1.93 bits per heavy atom. The van der Waals surface area contributed by atoms with Crippen LogP contribution in [0.15, 0.2) is 22.7 Å². The molecule has 2 heterocycles. The third-order valence-electron chi connectivity index (χ3n) is 5.85. The molecular formula is C20H30BrN3O4S. The number of carbonyl (C=O) groups is 1. The third-order valence-corrected chi connectivity index (χ3v) is 8.34. The number of nitrogens with zero attached hydrogens (tertiary/aromatic N) is 2. The van der Waals surface area contributed by atoms with Gasteiger partial charge in [-0.2, -0.15) is 17.0 Å². The van der Waals surface area contributed by atoms with Crippen LogP contribution in [0.2, 0.25) is 0 Å². The van der Waals surface area contributed by atoms with E-state index in [9.17, 15) is 13.2 Å². The number of benzene rings is 1. The number of ether oxygens (including phenoxy) is 1. The number of rotatable bonds is 6. The van der Waals surface area contributed by atoms with Crippen LogP contribution in [0.4, 0.5) is 0 Å². The summed E-state index contributed by atoms with van der Waals surface area (Å²) < 4.78 is 35.4. The smallest absolute Gasteiger partial charge is 0.281 e. The first kappa shape index (κ1) is 22.5. The van der Waals surface area contributed by atoms with Crippen LogP contribution in [-0.4, -0.2) is 56.2 Å². The highest BCUT2D eigenvalue weighted by Gasteiger charge is 2.36. The fraction of sp³-hybridized carbons (Fsp3) is 0.650. The molecule has 9 heteroatoms. The summed E-state index contributed by atoms with van der Waals surface area (Å²) >= 11 is 3.43. The van der Waals surface area contributed by atoms with E-state index in [2.05, 4.69) is 28.2 Å². The minimum absolute atomic E-state index is 0.112. The number of piperidine rings is 2. The Balaban J connectivity index is 1.60. The Morgan fingerprint density at radius 3 is 2.62 bits per heavy atom. The predicted octanol–water partition coefficient (Wildman–Crippen LogP) is 2.76. The predicted molar refractivity (Wildman–Crippen MR) is 116 cm³/mol. The van der Waals surface area contributed by atoms with Crippen molar-refractivity contribution in [3.63, 3.8) is 0 Å². The fourth-order valence-electron chi connectivity index (χ4n) is 3.96. The molecule has 1 aromatic rings. The molecule has 2 saturated heterocycles. The van der Waals surface area contributed by atoms with Gasteiger partial charge in [-0.25, -0.2) is 0 Å². The molecule has 162 valence electrons. The van der Waals surface area contributed by atoms with E-state index in [4.69, 9.17) is 4.74 Å². The molecule has 7 nitrogen and oxygen atoms in total. The van der Waals surface area contributed by atoms with Crippen molar-refractivity contribution in [2.24, 2.45) is 11.8 Å². The maximum Gasteiger partial charge on any atom is 0.281 e. The Bertz CT molecular complexity index is 825. The first-order chi connectivity index (χ1) is 13.8. The highest BCUT2D eigenvalue weighted by molar-refractivity contribution is 9.10. The molecule has 0 spiro atoms. The van der Waals surface area contributed by atoms with E-state index in [1.54, 1.807) is 11.4 Å². The molecule has 1 N–H and O–H groups in total. The molecule has 1 atom stereocenters. The number of hydrogen-bond donors (Lipinski definition) is 1. The largest absolute Gasteiger partial charge is 0.496 e. The molecule has 0 bridgehead atoms. The van der Waals surface area contributed by atoms with Crippen molar-refractivity contribution in [1.29, 1.82) is 0 Å². The number of methoxy groups -OCH3 is 1. The first-order valence-corrected chi connectivity index (χ1v) is 12.4. The second kappa shape index (κ2) is 9.76. The van der Waals surface area contributed by atoms with Gasteiger partial charge in [0.05, 0.1) is 13.0 Å². The van der Waals surface area contributed by atoms with Crippen LogP contribution >= 0.6 is 15.9 Å². The molecule has 2 aliphatic rings. The molecule has 29 heavy (non-hydrogen) atoms. The van der Waals surface area contributed by atoms with Crippen LogP contribution in [0.25, 0.3) is 0 Å². The summed E-state index contributed by atoms with van der Waals surface area (Å²) in [6.45, 7) is 4.37. The average molecular weight is 488 g/mol. The maximum atomic E-state index is 13.0. The zero-order valence-electron chi connectivity index (χ0n) is 17.1. The summed E-state index contributed by atoms with van der Waals surface area (Å²) in [7, 11) is -1.90. The zero-order chi connectivity index (χ0) is 21.0. The number of hydrogen-bond acceptors (Lipinski definition) is 4. The van der Waals surface area contributed by atoms with Gasteiger partial charge in [0.15, 0.2) is 0 Å². The highest BCUT2D eigenvalue weighted by Crippen LogP contribution is 2.26. The SMILES string of the molecule is COc1ccc(Br)cc1CNC(=O)C1CCCN(S(=O)(=O)N2CCC(C)CC2)C1. The van der Waals surface area contributed by atoms with Gasteiger partial charge in [-0.15, -0.1) is 0 Å². The quantitative estimate of drug-likeness (QED) is 0.668. The Labute approximate surface area is 182 Å². The summed E-state index contributed by atoms with van der Waals surface area (Å²) in [5.74, 6) is 0.830. The van der Waals surface area contributed by atoms with Gasteiger partial charge in [0.1, 0.15) is 5.75 Å². The lowest BCUT2D eigenvalue weighted by molar-refractivity contribution is -0.126. The van der Waals surface area contributed by atoms with E-state index in [0.29, 0.717) is 50.7 Å². The van der Waals surface area contributed by atoms with Gasteiger partial charge in [-0.1, -0.05) is 22.9 Å². The lowest BCUT2D eigenvalue weighted by Crippen LogP contribution is -2.52. The molecule has 1 amide bonds. The molecule has 2 aliphatic heterocycles. The van der Waals surface area contributed by atoms with Crippen molar-refractivity contribution < 1.29 is 17.9 Å². The van der Waals surface area contributed by atoms with Gasteiger partial charge in [0.25, 0.3) is 10.2 Å². The molecule has 1 unspecified atom stereocenters. The minimum atomic E-state index is -3.50. The van der Waals surface area contributed by atoms with E-state index >= 15 is 0 Å². The standard InChI is InChI=1S/C20H30BrN3O4S/c1-15-7-10-23(11-8-15)29(26,27)24-9-3-4-16(14-24)20(25)22-13-17-12-18(21)5-6-19(17)28-2/h5-6,12,15-16H,3-4,7-11,13-14H2,1-2H3,(H,22,25). The summed E-state index contributed by atoms with van der Waals surface area (Å²) in [6.07, 6.45) is 3.18. The second-order valence-corrected chi connectivity index (χ2v) is 10.8. The van der Waals surface area contributed by atoms with E-state index < -0.39 is 10.2 Å². The summed E-state index contributed by atoms with van der Waals surface area (Å²) in [5, 5.41) is 2.95. The Hall–Kier alpha value is -1.16. The molecule has 0 saturated carbocycles. The molecule has 3 rings (SSSR count). The molecule has 0 aliphatic carbocycles. The highest BCUT2D eigenvalue weighted by atomic mass is 79.9. The van der Waals surface area contributed by atoms with Crippen LogP contribution in [-0.2, 0) is 21.5 Å². The van der Waals surface area contributed by atoms with E-state index in [1.807, 2.05) is 18.2 Å². The van der Waals surface area contributed by atoms with Gasteiger partial charge in [0, 0.05) is 42.8 Å². The molecular weight excluding hydrogens is 458 g/mol. The number of carbonyl (C=O) groups excluding carboxylic acids is 1. The number of halogens is 1. The third kappa shape index (κ3) is 5.51. The van der Waals surface area contributed by atoms with Gasteiger partial charge in [-0.05, 0) is 49.8 Å². The van der Waals surface area contributed by atoms with Crippen LogP contribution < -0.4 is 10.1 Å². The minimum Gasteiger partial charge on any atom is -0.496 e. The molecule has 0 aromatic heterocycles. The average Bonchev–Trinajstić information content (AvgIpc) is 2.72. The van der Waals surface area contributed by atoms with Crippen LogP contribution in [0, 0.1) is 11.8 Å². The molecule has 0 radical (unpaired) electrons. The van der Waals surface area contributed by atoms with Crippen molar-refractivity contribution in [3.8, 4) is 5.75 Å². The van der Waals surface area contributed by atoms with Crippen molar-refractivity contribution in [2.75, 3.05) is 33.3 Å². The van der Waals surface area contributed by atoms with Crippen molar-refractivity contribution in [1.82, 2.24) is 13.9 Å². The molecule has 1 aromatic carbocycles. The normalized spacial score (nSPS) is 22.4. The summed E-state index contributed by atoms with van der Waals surface area (Å²) in [6, 6.07) is 5.64. The van der Waals surface area contributed by atoms with E-state index in [-0.39, 0.29) is 18.4 Å².